The van der Waals surface area contributed by atoms with Gasteiger partial charge in [-0.2, -0.15) is 0 Å². The number of rotatable bonds is 7. The van der Waals surface area contributed by atoms with E-state index >= 15 is 0 Å². The number of aliphatic carboxylic acids is 1. The van der Waals surface area contributed by atoms with Crippen LogP contribution < -0.4 is 5.32 Å². The van der Waals surface area contributed by atoms with Crippen molar-refractivity contribution < 1.29 is 9.90 Å². The fraction of sp³-hybridized carbons (Fsp3) is 0.917. The Balaban J connectivity index is 3.67. The van der Waals surface area contributed by atoms with E-state index in [1.807, 2.05) is 6.92 Å². The van der Waals surface area contributed by atoms with Gasteiger partial charge in [0.2, 0.25) is 0 Å². The third-order valence-electron chi connectivity index (χ3n) is 2.37. The number of carboxylic acids is 1. The fourth-order valence-corrected chi connectivity index (χ4v) is 1.50. The Hall–Kier alpha value is -0.570. The molecule has 0 saturated heterocycles. The second-order valence-corrected chi connectivity index (χ2v) is 5.30. The van der Waals surface area contributed by atoms with Crippen molar-refractivity contribution in [2.24, 2.45) is 5.41 Å². The molecule has 0 saturated carbocycles. The van der Waals surface area contributed by atoms with Crippen molar-refractivity contribution in [2.45, 2.75) is 59.4 Å². The summed E-state index contributed by atoms with van der Waals surface area (Å²) in [5, 5.41) is 12.0. The minimum atomic E-state index is -0.729. The van der Waals surface area contributed by atoms with Crippen LogP contribution in [0.25, 0.3) is 0 Å². The Morgan fingerprint density at radius 1 is 1.40 bits per heavy atom. The second-order valence-electron chi connectivity index (χ2n) is 5.30. The van der Waals surface area contributed by atoms with Crippen molar-refractivity contribution in [1.29, 1.82) is 0 Å². The Morgan fingerprint density at radius 2 is 2.00 bits per heavy atom. The first-order valence-corrected chi connectivity index (χ1v) is 5.83. The van der Waals surface area contributed by atoms with Crippen molar-refractivity contribution in [2.75, 3.05) is 6.54 Å². The monoisotopic (exact) mass is 215 g/mol. The summed E-state index contributed by atoms with van der Waals surface area (Å²) in [6.45, 7) is 9.41. The van der Waals surface area contributed by atoms with Crippen LogP contribution in [0, 0.1) is 5.41 Å². The molecule has 0 fully saturated rings. The van der Waals surface area contributed by atoms with Crippen molar-refractivity contribution >= 4 is 5.97 Å². The summed E-state index contributed by atoms with van der Waals surface area (Å²) in [6, 6.07) is -0.366. The number of hydrogen-bond donors (Lipinski definition) is 2. The molecule has 0 amide bonds. The summed E-state index contributed by atoms with van der Waals surface area (Å²) in [5.41, 5.74) is 0.338. The van der Waals surface area contributed by atoms with Crippen molar-refractivity contribution in [1.82, 2.24) is 5.32 Å². The molecule has 0 heterocycles. The largest absolute Gasteiger partial charge is 0.480 e. The minimum absolute atomic E-state index is 0.338. The maximum Gasteiger partial charge on any atom is 0.320 e. The van der Waals surface area contributed by atoms with Gasteiger partial charge in [0, 0.05) is 0 Å². The van der Waals surface area contributed by atoms with Crippen LogP contribution in [0.5, 0.6) is 0 Å². The first-order chi connectivity index (χ1) is 6.87. The van der Waals surface area contributed by atoms with Crippen LogP contribution >= 0.6 is 0 Å². The second kappa shape index (κ2) is 6.83. The van der Waals surface area contributed by atoms with Crippen molar-refractivity contribution in [3.8, 4) is 0 Å². The summed E-state index contributed by atoms with van der Waals surface area (Å²) in [4.78, 5) is 10.8. The molecule has 90 valence electrons. The van der Waals surface area contributed by atoms with Gasteiger partial charge in [0.25, 0.3) is 0 Å². The van der Waals surface area contributed by atoms with Crippen LogP contribution in [0.2, 0.25) is 0 Å². The van der Waals surface area contributed by atoms with Crippen molar-refractivity contribution in [3.05, 3.63) is 0 Å². The molecule has 0 radical (unpaired) electrons. The molecule has 0 aliphatic heterocycles. The third-order valence-corrected chi connectivity index (χ3v) is 2.37. The molecule has 0 aliphatic rings. The molecule has 0 aromatic heterocycles. The predicted octanol–water partition coefficient (Wildman–Crippen LogP) is 2.66. The molecular formula is C12H25NO2. The normalized spacial score (nSPS) is 13.9. The Bertz CT molecular complexity index is 185. The van der Waals surface area contributed by atoms with E-state index in [9.17, 15) is 4.79 Å². The van der Waals surface area contributed by atoms with Crippen LogP contribution in [0.3, 0.4) is 0 Å². The molecule has 2 N–H and O–H groups in total. The Labute approximate surface area is 93.3 Å². The highest BCUT2D eigenvalue weighted by atomic mass is 16.4. The van der Waals surface area contributed by atoms with Crippen LogP contribution in [-0.2, 0) is 4.79 Å². The minimum Gasteiger partial charge on any atom is -0.480 e. The molecule has 15 heavy (non-hydrogen) atoms. The molecule has 0 rings (SSSR count). The van der Waals surface area contributed by atoms with Crippen LogP contribution in [0.15, 0.2) is 0 Å². The first kappa shape index (κ1) is 14.4. The van der Waals surface area contributed by atoms with Gasteiger partial charge in [-0.3, -0.25) is 4.79 Å². The summed E-state index contributed by atoms with van der Waals surface area (Å²) in [5.74, 6) is -0.729. The van der Waals surface area contributed by atoms with Gasteiger partial charge in [-0.15, -0.1) is 0 Å². The summed E-state index contributed by atoms with van der Waals surface area (Å²) >= 11 is 0. The molecule has 0 aromatic carbocycles. The molecule has 1 unspecified atom stereocenters. The summed E-state index contributed by atoms with van der Waals surface area (Å²) in [6.07, 6.45) is 3.78. The maximum absolute atomic E-state index is 10.8. The van der Waals surface area contributed by atoms with Crippen LogP contribution in [0.1, 0.15) is 53.4 Å². The van der Waals surface area contributed by atoms with E-state index in [1.54, 1.807) is 0 Å². The molecule has 3 nitrogen and oxygen atoms in total. The van der Waals surface area contributed by atoms with Gasteiger partial charge in [-0.25, -0.2) is 0 Å². The van der Waals surface area contributed by atoms with E-state index in [4.69, 9.17) is 5.11 Å². The van der Waals surface area contributed by atoms with E-state index in [2.05, 4.69) is 26.1 Å². The van der Waals surface area contributed by atoms with Gasteiger partial charge in [0.05, 0.1) is 0 Å². The van der Waals surface area contributed by atoms with Gasteiger partial charge >= 0.3 is 5.97 Å². The quantitative estimate of drug-likeness (QED) is 0.642. The average Bonchev–Trinajstić information content (AvgIpc) is 2.08. The van der Waals surface area contributed by atoms with E-state index < -0.39 is 5.97 Å². The van der Waals surface area contributed by atoms with E-state index in [1.165, 1.54) is 0 Å². The lowest BCUT2D eigenvalue weighted by atomic mass is 9.90. The zero-order valence-electron chi connectivity index (χ0n) is 10.5. The van der Waals surface area contributed by atoms with Crippen LogP contribution in [0.4, 0.5) is 0 Å². The SMILES string of the molecule is CCCC(NCCCC(C)(C)C)C(=O)O. The molecule has 0 bridgehead atoms. The molecule has 3 heteroatoms. The third kappa shape index (κ3) is 8.43. The van der Waals surface area contributed by atoms with Gasteiger partial charge < -0.3 is 10.4 Å². The highest BCUT2D eigenvalue weighted by molar-refractivity contribution is 5.73. The Kier molecular flexibility index (Phi) is 6.57. The summed E-state index contributed by atoms with van der Waals surface area (Å²) < 4.78 is 0. The molecule has 0 aromatic rings. The molecular weight excluding hydrogens is 190 g/mol. The number of carboxylic acid groups (broad SMARTS) is 1. The predicted molar refractivity (Wildman–Crippen MR) is 63.0 cm³/mol. The maximum atomic E-state index is 10.8. The zero-order valence-corrected chi connectivity index (χ0v) is 10.5. The summed E-state index contributed by atoms with van der Waals surface area (Å²) in [7, 11) is 0. The number of nitrogens with one attached hydrogen (secondary N) is 1. The molecule has 0 spiro atoms. The highest BCUT2D eigenvalue weighted by Crippen LogP contribution is 2.19. The van der Waals surface area contributed by atoms with E-state index in [0.29, 0.717) is 11.8 Å². The Morgan fingerprint density at radius 3 is 2.40 bits per heavy atom. The fourth-order valence-electron chi connectivity index (χ4n) is 1.50. The smallest absolute Gasteiger partial charge is 0.320 e. The lowest BCUT2D eigenvalue weighted by Gasteiger charge is -2.19. The van der Waals surface area contributed by atoms with Gasteiger partial charge in [-0.05, 0) is 31.2 Å². The first-order valence-electron chi connectivity index (χ1n) is 5.83. The lowest BCUT2D eigenvalue weighted by molar-refractivity contribution is -0.139. The van der Waals surface area contributed by atoms with Gasteiger partial charge in [0.1, 0.15) is 6.04 Å². The lowest BCUT2D eigenvalue weighted by Crippen LogP contribution is -2.37. The zero-order chi connectivity index (χ0) is 11.9. The molecule has 0 aliphatic carbocycles. The van der Waals surface area contributed by atoms with E-state index in [-0.39, 0.29) is 6.04 Å². The molecule has 1 atom stereocenters. The van der Waals surface area contributed by atoms with Gasteiger partial charge in [-0.1, -0.05) is 34.1 Å². The topological polar surface area (TPSA) is 49.3 Å². The highest BCUT2D eigenvalue weighted by Gasteiger charge is 2.15. The number of hydrogen-bond acceptors (Lipinski definition) is 2. The number of carbonyl (C=O) groups is 1. The van der Waals surface area contributed by atoms with Crippen molar-refractivity contribution in [3.63, 3.8) is 0 Å². The van der Waals surface area contributed by atoms with Gasteiger partial charge in [0.15, 0.2) is 0 Å². The average molecular weight is 215 g/mol. The van der Waals surface area contributed by atoms with Crippen LogP contribution in [-0.4, -0.2) is 23.7 Å². The standard InChI is InChI=1S/C12H25NO2/c1-5-7-10(11(14)15)13-9-6-8-12(2,3)4/h10,13H,5-9H2,1-4H3,(H,14,15). The van der Waals surface area contributed by atoms with E-state index in [0.717, 1.165) is 25.8 Å².